The van der Waals surface area contributed by atoms with Gasteiger partial charge in [0.25, 0.3) is 0 Å². The molecule has 48 valence electrons. The van der Waals surface area contributed by atoms with E-state index >= 15 is 0 Å². The van der Waals surface area contributed by atoms with Crippen molar-refractivity contribution in [1.82, 2.24) is 10.3 Å². The number of nitrogens with one attached hydrogen (secondary N) is 2. The first kappa shape index (κ1) is 7.38. The van der Waals surface area contributed by atoms with E-state index in [0.717, 1.165) is 0 Å². The lowest BCUT2D eigenvalue weighted by Gasteiger charge is -1.91. The van der Waals surface area contributed by atoms with Crippen LogP contribution in [0.4, 0.5) is 0 Å². The predicted octanol–water partition coefficient (Wildman–Crippen LogP) is -1.85. The smallest absolute Gasteiger partial charge is 0.231 e. The Labute approximate surface area is 48.1 Å². The molecule has 0 spiro atoms. The first-order valence-corrected chi connectivity index (χ1v) is 2.97. The van der Waals surface area contributed by atoms with E-state index in [9.17, 15) is 13.2 Å². The maximum atomic E-state index is 9.91. The molecule has 5 nitrogen and oxygen atoms in total. The van der Waals surface area contributed by atoms with Gasteiger partial charge in [-0.15, -0.1) is 4.83 Å². The third kappa shape index (κ3) is 5.38. The Bertz CT molecular complexity index is 143. The summed E-state index contributed by atoms with van der Waals surface area (Å²) in [5.74, 6) is -0.441. The van der Waals surface area contributed by atoms with E-state index in [-0.39, 0.29) is 0 Å². The Hall–Kier alpha value is -0.620. The van der Waals surface area contributed by atoms with Gasteiger partial charge in [0.05, 0.1) is 0 Å². The lowest BCUT2D eigenvalue weighted by atomic mass is 10.8. The minimum atomic E-state index is -2.71. The molecule has 0 fully saturated rings. The van der Waals surface area contributed by atoms with Gasteiger partial charge in [-0.2, -0.15) is 0 Å². The highest BCUT2D eigenvalue weighted by Gasteiger charge is 1.85. The fourth-order valence-electron chi connectivity index (χ4n) is 0.124. The SMILES string of the molecule is CC(=O)NN[SH](=O)=O. The number of hydrogen-bond acceptors (Lipinski definition) is 3. The highest BCUT2D eigenvalue weighted by molar-refractivity contribution is 7.70. The number of hydrogen-bond donors (Lipinski definition) is 3. The van der Waals surface area contributed by atoms with Crippen LogP contribution in [0.5, 0.6) is 0 Å². The summed E-state index contributed by atoms with van der Waals surface area (Å²) in [6, 6.07) is 0. The van der Waals surface area contributed by atoms with Crippen LogP contribution in [0.1, 0.15) is 6.92 Å². The molecule has 0 aliphatic rings. The number of carbonyl (C=O) groups is 1. The molecule has 2 N–H and O–H groups in total. The first-order valence-electron chi connectivity index (χ1n) is 1.79. The van der Waals surface area contributed by atoms with Crippen molar-refractivity contribution < 1.29 is 13.2 Å². The van der Waals surface area contributed by atoms with Crippen molar-refractivity contribution in [3.05, 3.63) is 0 Å². The van der Waals surface area contributed by atoms with Gasteiger partial charge in [0, 0.05) is 6.92 Å². The molecule has 1 amide bonds. The van der Waals surface area contributed by atoms with Crippen molar-refractivity contribution in [2.75, 3.05) is 0 Å². The van der Waals surface area contributed by atoms with Crippen LogP contribution < -0.4 is 10.3 Å². The molecule has 0 rings (SSSR count). The van der Waals surface area contributed by atoms with Crippen LogP contribution in [0.15, 0.2) is 0 Å². The fourth-order valence-corrected chi connectivity index (χ4v) is 0.373. The zero-order valence-corrected chi connectivity index (χ0v) is 5.07. The topological polar surface area (TPSA) is 75.3 Å². The lowest BCUT2D eigenvalue weighted by molar-refractivity contribution is -0.119. The van der Waals surface area contributed by atoms with Gasteiger partial charge in [0.2, 0.25) is 16.8 Å². The summed E-state index contributed by atoms with van der Waals surface area (Å²) in [6.07, 6.45) is 0. The summed E-state index contributed by atoms with van der Waals surface area (Å²) < 4.78 is 19.2. The minimum Gasteiger partial charge on any atom is -0.278 e. The molecule has 0 atom stereocenters. The highest BCUT2D eigenvalue weighted by Crippen LogP contribution is 1.50. The van der Waals surface area contributed by atoms with Gasteiger partial charge in [0.1, 0.15) is 0 Å². The predicted molar refractivity (Wildman–Crippen MR) is 27.3 cm³/mol. The van der Waals surface area contributed by atoms with E-state index in [1.807, 2.05) is 5.43 Å². The van der Waals surface area contributed by atoms with Crippen LogP contribution in [0, 0.1) is 0 Å². The Balaban J connectivity index is 3.32. The van der Waals surface area contributed by atoms with Crippen LogP contribution in [0.3, 0.4) is 0 Å². The Morgan fingerprint density at radius 1 is 1.50 bits per heavy atom. The number of rotatable bonds is 2. The van der Waals surface area contributed by atoms with Crippen molar-refractivity contribution in [2.24, 2.45) is 0 Å². The zero-order valence-electron chi connectivity index (χ0n) is 4.17. The van der Waals surface area contributed by atoms with Crippen LogP contribution >= 0.6 is 0 Å². The van der Waals surface area contributed by atoms with Gasteiger partial charge in [0.15, 0.2) is 0 Å². The Morgan fingerprint density at radius 2 is 2.00 bits per heavy atom. The molecular weight excluding hydrogens is 132 g/mol. The van der Waals surface area contributed by atoms with Crippen molar-refractivity contribution in [3.63, 3.8) is 0 Å². The molecule has 0 aromatic heterocycles. The molecule has 0 saturated heterocycles. The second-order valence-corrected chi connectivity index (χ2v) is 1.79. The van der Waals surface area contributed by atoms with Crippen LogP contribution in [-0.2, 0) is 15.7 Å². The molecule has 8 heavy (non-hydrogen) atoms. The Kier molecular flexibility index (Phi) is 3.13. The third-order valence-electron chi connectivity index (χ3n) is 0.323. The monoisotopic (exact) mass is 138 g/mol. The van der Waals surface area contributed by atoms with Gasteiger partial charge in [-0.25, -0.2) is 8.42 Å². The van der Waals surface area contributed by atoms with Gasteiger partial charge in [-0.05, 0) is 0 Å². The number of carbonyl (C=O) groups excluding carboxylic acids is 1. The molecular formula is C2H6N2O3S. The van der Waals surface area contributed by atoms with Gasteiger partial charge < -0.3 is 0 Å². The van der Waals surface area contributed by atoms with Gasteiger partial charge >= 0.3 is 0 Å². The lowest BCUT2D eigenvalue weighted by Crippen LogP contribution is -2.34. The molecule has 6 heteroatoms. The summed E-state index contributed by atoms with van der Waals surface area (Å²) in [6.45, 7) is 1.20. The zero-order chi connectivity index (χ0) is 6.57. The second kappa shape index (κ2) is 3.39. The largest absolute Gasteiger partial charge is 0.278 e. The molecule has 0 aliphatic carbocycles. The summed E-state index contributed by atoms with van der Waals surface area (Å²) in [4.78, 5) is 11.6. The molecule has 0 radical (unpaired) electrons. The molecule has 0 bridgehead atoms. The first-order chi connectivity index (χ1) is 3.63. The third-order valence-corrected chi connectivity index (χ3v) is 0.618. The molecule has 0 aromatic rings. The van der Waals surface area contributed by atoms with E-state index in [1.54, 1.807) is 4.83 Å². The normalized spacial score (nSPS) is 9.25. The van der Waals surface area contributed by atoms with E-state index in [0.29, 0.717) is 0 Å². The summed E-state index contributed by atoms with van der Waals surface area (Å²) in [5, 5.41) is 0. The molecule has 0 aromatic carbocycles. The van der Waals surface area contributed by atoms with Crippen LogP contribution in [0.25, 0.3) is 0 Å². The van der Waals surface area contributed by atoms with Crippen molar-refractivity contribution in [1.29, 1.82) is 0 Å². The van der Waals surface area contributed by atoms with E-state index in [2.05, 4.69) is 0 Å². The van der Waals surface area contributed by atoms with E-state index in [1.165, 1.54) is 6.92 Å². The van der Waals surface area contributed by atoms with Crippen LogP contribution in [0.2, 0.25) is 0 Å². The maximum absolute atomic E-state index is 9.91. The summed E-state index contributed by atoms with van der Waals surface area (Å²) >= 11 is 0. The molecule has 0 saturated carbocycles. The molecule has 0 unspecified atom stereocenters. The number of hydrazine groups is 1. The number of thiol groups is 1. The minimum absolute atomic E-state index is 0.441. The highest BCUT2D eigenvalue weighted by atomic mass is 32.2. The standard InChI is InChI=1S/C2H6N2O3S/c1-2(5)3-4-8(6)7/h8H,1H3,(H,3,5)(H,4,6,7). The fraction of sp³-hybridized carbons (Fsp3) is 0.500. The Morgan fingerprint density at radius 3 is 2.12 bits per heavy atom. The number of amides is 1. The van der Waals surface area contributed by atoms with Crippen molar-refractivity contribution in [3.8, 4) is 0 Å². The van der Waals surface area contributed by atoms with Gasteiger partial charge in [-0.1, -0.05) is 0 Å². The van der Waals surface area contributed by atoms with Gasteiger partial charge in [-0.3, -0.25) is 10.2 Å². The van der Waals surface area contributed by atoms with Crippen LogP contribution in [-0.4, -0.2) is 14.3 Å². The molecule has 0 aliphatic heterocycles. The van der Waals surface area contributed by atoms with E-state index in [4.69, 9.17) is 0 Å². The van der Waals surface area contributed by atoms with Crippen molar-refractivity contribution >= 4 is 16.8 Å². The van der Waals surface area contributed by atoms with E-state index < -0.39 is 16.8 Å². The average Bonchev–Trinajstić information content (AvgIpc) is 1.61. The molecule has 0 heterocycles. The quantitative estimate of drug-likeness (QED) is 0.310. The maximum Gasteiger partial charge on any atom is 0.231 e. The summed E-state index contributed by atoms with van der Waals surface area (Å²) in [5.41, 5.74) is 1.86. The second-order valence-electron chi connectivity index (χ2n) is 1.05. The van der Waals surface area contributed by atoms with Crippen molar-refractivity contribution in [2.45, 2.75) is 6.92 Å². The average molecular weight is 138 g/mol. The summed E-state index contributed by atoms with van der Waals surface area (Å²) in [7, 11) is -2.71.